The first-order valence-corrected chi connectivity index (χ1v) is 8.84. The Morgan fingerprint density at radius 3 is 2.42 bits per heavy atom. The van der Waals surface area contributed by atoms with E-state index in [9.17, 15) is 4.79 Å². The maximum absolute atomic E-state index is 12.4. The zero-order valence-electron chi connectivity index (χ0n) is 15.0. The normalized spacial score (nSPS) is 10.7. The molecule has 0 radical (unpaired) electrons. The van der Waals surface area contributed by atoms with E-state index < -0.39 is 0 Å². The van der Waals surface area contributed by atoms with Gasteiger partial charge in [-0.2, -0.15) is 4.98 Å². The van der Waals surface area contributed by atoms with Crippen molar-refractivity contribution in [2.45, 2.75) is 39.5 Å². The molecule has 0 fully saturated rings. The molecule has 1 aromatic carbocycles. The van der Waals surface area contributed by atoms with E-state index in [1.54, 1.807) is 12.4 Å². The van der Waals surface area contributed by atoms with Crippen LogP contribution in [0.4, 0.5) is 5.69 Å². The molecule has 0 aliphatic carbocycles. The number of hydrogen-bond donors (Lipinski definition) is 1. The number of benzene rings is 1. The van der Waals surface area contributed by atoms with Crippen LogP contribution in [0.5, 0.6) is 0 Å². The number of nitrogens with one attached hydrogen (secondary N) is 1. The van der Waals surface area contributed by atoms with Crippen molar-refractivity contribution in [2.75, 3.05) is 5.32 Å². The molecule has 3 rings (SSSR count). The van der Waals surface area contributed by atoms with E-state index in [0.717, 1.165) is 35.2 Å². The van der Waals surface area contributed by atoms with Gasteiger partial charge < -0.3 is 9.84 Å². The van der Waals surface area contributed by atoms with Crippen LogP contribution in [0.25, 0.3) is 11.4 Å². The molecular weight excluding hydrogens is 328 g/mol. The number of pyridine rings is 1. The molecule has 134 valence electrons. The number of amides is 1. The van der Waals surface area contributed by atoms with Crippen molar-refractivity contribution >= 4 is 11.6 Å². The maximum atomic E-state index is 12.4. The van der Waals surface area contributed by atoms with Crippen molar-refractivity contribution < 1.29 is 9.32 Å². The fourth-order valence-corrected chi connectivity index (χ4v) is 2.80. The zero-order chi connectivity index (χ0) is 18.4. The minimum absolute atomic E-state index is 0.0516. The van der Waals surface area contributed by atoms with Gasteiger partial charge in [-0.05, 0) is 36.1 Å². The van der Waals surface area contributed by atoms with Crippen LogP contribution in [0.15, 0.2) is 47.2 Å². The molecule has 0 bridgehead atoms. The molecular formula is C20H22N4O2. The summed E-state index contributed by atoms with van der Waals surface area (Å²) in [5.41, 5.74) is 4.07. The van der Waals surface area contributed by atoms with E-state index in [2.05, 4.69) is 34.3 Å². The second-order valence-corrected chi connectivity index (χ2v) is 5.95. The Morgan fingerprint density at radius 2 is 1.77 bits per heavy atom. The third kappa shape index (κ3) is 4.14. The Balaban J connectivity index is 1.63. The van der Waals surface area contributed by atoms with E-state index in [1.165, 1.54) is 0 Å². The second kappa shape index (κ2) is 8.38. The van der Waals surface area contributed by atoms with Gasteiger partial charge in [0.2, 0.25) is 17.6 Å². The summed E-state index contributed by atoms with van der Waals surface area (Å²) in [5, 5.41) is 7.01. The molecule has 1 N–H and O–H groups in total. The first kappa shape index (κ1) is 17.8. The third-order valence-corrected chi connectivity index (χ3v) is 4.24. The summed E-state index contributed by atoms with van der Waals surface area (Å²) in [7, 11) is 0. The quantitative estimate of drug-likeness (QED) is 0.700. The predicted molar refractivity (Wildman–Crippen MR) is 99.7 cm³/mol. The summed E-state index contributed by atoms with van der Waals surface area (Å²) in [6.45, 7) is 4.17. The Bertz CT molecular complexity index is 852. The van der Waals surface area contributed by atoms with Crippen LogP contribution < -0.4 is 5.32 Å². The van der Waals surface area contributed by atoms with Crippen molar-refractivity contribution in [3.8, 4) is 11.4 Å². The number of para-hydroxylation sites is 1. The number of rotatable bonds is 7. The molecule has 0 saturated heterocycles. The molecule has 26 heavy (non-hydrogen) atoms. The minimum atomic E-state index is -0.0516. The molecule has 0 saturated carbocycles. The molecule has 0 unspecified atom stereocenters. The number of hydrogen-bond acceptors (Lipinski definition) is 5. The topological polar surface area (TPSA) is 80.9 Å². The van der Waals surface area contributed by atoms with E-state index in [0.29, 0.717) is 24.6 Å². The maximum Gasteiger partial charge on any atom is 0.227 e. The summed E-state index contributed by atoms with van der Waals surface area (Å²) in [6.07, 6.45) is 5.80. The number of anilines is 1. The third-order valence-electron chi connectivity index (χ3n) is 4.24. The van der Waals surface area contributed by atoms with Crippen LogP contribution in [0, 0.1) is 0 Å². The molecule has 0 aliphatic rings. The highest BCUT2D eigenvalue weighted by Gasteiger charge is 2.13. The lowest BCUT2D eigenvalue weighted by Crippen LogP contribution is -2.15. The standard InChI is InChI=1S/C20H22N4O2/c1-3-14-6-5-7-15(4-2)19(14)22-17(25)8-9-18-23-20(24-26-18)16-10-12-21-13-11-16/h5-7,10-13H,3-4,8-9H2,1-2H3,(H,22,25). The lowest BCUT2D eigenvalue weighted by atomic mass is 10.0. The van der Waals surface area contributed by atoms with E-state index in [1.807, 2.05) is 30.3 Å². The van der Waals surface area contributed by atoms with Crippen LogP contribution in [-0.2, 0) is 24.1 Å². The number of carbonyl (C=O) groups is 1. The SMILES string of the molecule is CCc1cccc(CC)c1NC(=O)CCc1nc(-c2ccncc2)no1. The highest BCUT2D eigenvalue weighted by Crippen LogP contribution is 2.23. The average Bonchev–Trinajstić information content (AvgIpc) is 3.16. The fraction of sp³-hybridized carbons (Fsp3) is 0.300. The van der Waals surface area contributed by atoms with E-state index in [4.69, 9.17) is 4.52 Å². The van der Waals surface area contributed by atoms with Gasteiger partial charge in [0.15, 0.2) is 0 Å². The molecule has 6 nitrogen and oxygen atoms in total. The van der Waals surface area contributed by atoms with Gasteiger partial charge in [0.1, 0.15) is 0 Å². The van der Waals surface area contributed by atoms with Crippen LogP contribution in [0.3, 0.4) is 0 Å². The van der Waals surface area contributed by atoms with Crippen molar-refractivity contribution in [3.63, 3.8) is 0 Å². The zero-order valence-corrected chi connectivity index (χ0v) is 15.0. The fourth-order valence-electron chi connectivity index (χ4n) is 2.80. The van der Waals surface area contributed by atoms with Gasteiger partial charge in [0, 0.05) is 36.5 Å². The van der Waals surface area contributed by atoms with Crippen molar-refractivity contribution in [1.29, 1.82) is 0 Å². The van der Waals surface area contributed by atoms with Crippen LogP contribution in [0.1, 0.15) is 37.3 Å². The van der Waals surface area contributed by atoms with Gasteiger partial charge in [-0.3, -0.25) is 9.78 Å². The van der Waals surface area contributed by atoms with E-state index in [-0.39, 0.29) is 5.91 Å². The predicted octanol–water partition coefficient (Wildman–Crippen LogP) is 3.83. The van der Waals surface area contributed by atoms with Gasteiger partial charge >= 0.3 is 0 Å². The number of carbonyl (C=O) groups excluding carboxylic acids is 1. The van der Waals surface area contributed by atoms with Gasteiger partial charge in [0.25, 0.3) is 0 Å². The summed E-state index contributed by atoms with van der Waals surface area (Å²) in [5.74, 6) is 0.906. The van der Waals surface area contributed by atoms with Gasteiger partial charge in [-0.1, -0.05) is 37.2 Å². The highest BCUT2D eigenvalue weighted by atomic mass is 16.5. The Labute approximate surface area is 152 Å². The molecule has 2 aromatic heterocycles. The minimum Gasteiger partial charge on any atom is -0.339 e. The Kier molecular flexibility index (Phi) is 5.73. The Hall–Kier alpha value is -3.02. The summed E-state index contributed by atoms with van der Waals surface area (Å²) >= 11 is 0. The molecule has 1 amide bonds. The van der Waals surface area contributed by atoms with Gasteiger partial charge in [-0.25, -0.2) is 0 Å². The average molecular weight is 350 g/mol. The lowest BCUT2D eigenvalue weighted by Gasteiger charge is -2.14. The molecule has 3 aromatic rings. The van der Waals surface area contributed by atoms with Crippen LogP contribution >= 0.6 is 0 Å². The van der Waals surface area contributed by atoms with Crippen molar-refractivity contribution in [2.24, 2.45) is 0 Å². The molecule has 0 atom stereocenters. The largest absolute Gasteiger partial charge is 0.339 e. The summed E-state index contributed by atoms with van der Waals surface area (Å²) in [6, 6.07) is 9.76. The Morgan fingerprint density at radius 1 is 1.08 bits per heavy atom. The number of nitrogens with zero attached hydrogens (tertiary/aromatic N) is 3. The summed E-state index contributed by atoms with van der Waals surface area (Å²) in [4.78, 5) is 20.7. The van der Waals surface area contributed by atoms with Crippen LogP contribution in [-0.4, -0.2) is 21.0 Å². The number of aromatic nitrogens is 3. The smallest absolute Gasteiger partial charge is 0.227 e. The molecule has 0 spiro atoms. The summed E-state index contributed by atoms with van der Waals surface area (Å²) < 4.78 is 5.25. The van der Waals surface area contributed by atoms with Gasteiger partial charge in [0.05, 0.1) is 0 Å². The molecule has 0 aliphatic heterocycles. The van der Waals surface area contributed by atoms with Crippen molar-refractivity contribution in [1.82, 2.24) is 15.1 Å². The lowest BCUT2D eigenvalue weighted by molar-refractivity contribution is -0.116. The van der Waals surface area contributed by atoms with Gasteiger partial charge in [-0.15, -0.1) is 0 Å². The first-order valence-electron chi connectivity index (χ1n) is 8.84. The monoisotopic (exact) mass is 350 g/mol. The van der Waals surface area contributed by atoms with E-state index >= 15 is 0 Å². The number of aryl methyl sites for hydroxylation is 3. The van der Waals surface area contributed by atoms with Crippen molar-refractivity contribution in [3.05, 3.63) is 59.7 Å². The highest BCUT2D eigenvalue weighted by molar-refractivity contribution is 5.92. The van der Waals surface area contributed by atoms with Crippen LogP contribution in [0.2, 0.25) is 0 Å². The molecule has 2 heterocycles. The first-order chi connectivity index (χ1) is 12.7. The second-order valence-electron chi connectivity index (χ2n) is 5.95. The molecule has 6 heteroatoms.